The number of cyclic esters (lactones) is 1. The smallest absolute Gasteiger partial charge is 0.338 e. The van der Waals surface area contributed by atoms with Crippen LogP contribution >= 0.6 is 0 Å². The molecule has 1 N–H and O–H groups in total. The Morgan fingerprint density at radius 2 is 1.87 bits per heavy atom. The molecule has 158 valence electrons. The molecule has 0 aromatic heterocycles. The number of ether oxygens (including phenoxy) is 1. The van der Waals surface area contributed by atoms with E-state index in [0.717, 1.165) is 12.8 Å². The van der Waals surface area contributed by atoms with Crippen molar-refractivity contribution in [1.29, 1.82) is 0 Å². The van der Waals surface area contributed by atoms with Crippen LogP contribution in [0.2, 0.25) is 0 Å². The normalized spacial score (nSPS) is 20.9. The molecule has 0 spiro atoms. The molecule has 0 bridgehead atoms. The maximum atomic E-state index is 12.5. The van der Waals surface area contributed by atoms with Gasteiger partial charge in [0, 0.05) is 19.5 Å². The number of esters is 1. The van der Waals surface area contributed by atoms with Crippen LogP contribution in [0.15, 0.2) is 59.8 Å². The van der Waals surface area contributed by atoms with Crippen molar-refractivity contribution in [2.24, 2.45) is 5.16 Å². The van der Waals surface area contributed by atoms with Crippen molar-refractivity contribution in [3.05, 3.63) is 65.8 Å². The summed E-state index contributed by atoms with van der Waals surface area (Å²) in [5.41, 5.74) is 1.49. The van der Waals surface area contributed by atoms with Crippen LogP contribution in [0.3, 0.4) is 0 Å². The van der Waals surface area contributed by atoms with Gasteiger partial charge in [0.1, 0.15) is 5.75 Å². The number of amides is 1. The largest absolute Gasteiger partial charge is 0.508 e. The molecule has 2 aliphatic rings. The van der Waals surface area contributed by atoms with Gasteiger partial charge in [-0.2, -0.15) is 0 Å². The van der Waals surface area contributed by atoms with Crippen molar-refractivity contribution in [3.8, 4) is 5.75 Å². The first-order valence-corrected chi connectivity index (χ1v) is 10.1. The van der Waals surface area contributed by atoms with E-state index in [-0.39, 0.29) is 24.7 Å². The number of rotatable bonds is 3. The number of phenolic OH excluding ortho intramolecular Hbond substituents is 1. The molecule has 2 heterocycles. The Kier molecular flexibility index (Phi) is 7.83. The zero-order valence-corrected chi connectivity index (χ0v) is 16.8. The van der Waals surface area contributed by atoms with Crippen LogP contribution in [-0.4, -0.2) is 53.9 Å². The predicted molar refractivity (Wildman–Crippen MR) is 113 cm³/mol. The molecule has 7 heteroatoms. The van der Waals surface area contributed by atoms with Crippen molar-refractivity contribution in [1.82, 2.24) is 4.90 Å². The number of hydrogen-bond acceptors (Lipinski definition) is 6. The summed E-state index contributed by atoms with van der Waals surface area (Å²) >= 11 is 0. The van der Waals surface area contributed by atoms with Crippen LogP contribution in [0.25, 0.3) is 0 Å². The molecule has 1 aromatic rings. The first-order chi connectivity index (χ1) is 14.6. The van der Waals surface area contributed by atoms with Crippen molar-refractivity contribution >= 4 is 17.6 Å². The Bertz CT molecular complexity index is 878. The summed E-state index contributed by atoms with van der Waals surface area (Å²) in [6.45, 7) is 1.31. The monoisotopic (exact) mass is 410 g/mol. The number of nitrogens with zero attached hydrogens (tertiary/aromatic N) is 2. The fourth-order valence-corrected chi connectivity index (χ4v) is 3.13. The minimum absolute atomic E-state index is 0.0477. The molecule has 0 saturated carbocycles. The number of benzene rings is 1. The fraction of sp³-hybridized carbons (Fsp3) is 0.348. The van der Waals surface area contributed by atoms with Crippen LogP contribution in [0.1, 0.15) is 35.2 Å². The van der Waals surface area contributed by atoms with Crippen LogP contribution in [0, 0.1) is 0 Å². The summed E-state index contributed by atoms with van der Waals surface area (Å²) in [6, 6.07) is 4.52. The van der Waals surface area contributed by atoms with Gasteiger partial charge in [-0.05, 0) is 49.1 Å². The number of carbonyl (C=O) groups excluding carboxylic acids is 2. The van der Waals surface area contributed by atoms with Gasteiger partial charge < -0.3 is 19.6 Å². The van der Waals surface area contributed by atoms with E-state index in [1.807, 2.05) is 36.5 Å². The summed E-state index contributed by atoms with van der Waals surface area (Å²) in [5, 5.41) is 14.0. The molecule has 1 aromatic carbocycles. The lowest BCUT2D eigenvalue weighted by Gasteiger charge is -2.14. The van der Waals surface area contributed by atoms with Gasteiger partial charge in [-0.25, -0.2) is 4.79 Å². The third kappa shape index (κ3) is 6.34. The topological polar surface area (TPSA) is 88.4 Å². The SMILES string of the molecule is O=C1OCC/C=C/CC/C=C/C(=N/OCC(=O)N2CC=CC2)Cc2cc(O)ccc21. The first-order valence-electron chi connectivity index (χ1n) is 10.1. The fourth-order valence-electron chi connectivity index (χ4n) is 3.13. The van der Waals surface area contributed by atoms with Crippen molar-refractivity contribution < 1.29 is 24.3 Å². The van der Waals surface area contributed by atoms with Gasteiger partial charge in [0.15, 0.2) is 6.61 Å². The molecule has 30 heavy (non-hydrogen) atoms. The highest BCUT2D eigenvalue weighted by Crippen LogP contribution is 2.19. The molecule has 3 rings (SSSR count). The third-order valence-corrected chi connectivity index (χ3v) is 4.72. The average Bonchev–Trinajstić information content (AvgIpc) is 3.26. The van der Waals surface area contributed by atoms with E-state index in [2.05, 4.69) is 5.16 Å². The maximum Gasteiger partial charge on any atom is 0.338 e. The van der Waals surface area contributed by atoms with Gasteiger partial charge in [-0.1, -0.05) is 35.5 Å². The number of oxime groups is 1. The van der Waals surface area contributed by atoms with Crippen molar-refractivity contribution in [2.75, 3.05) is 26.3 Å². The number of phenols is 1. The predicted octanol–water partition coefficient (Wildman–Crippen LogP) is 3.16. The Morgan fingerprint density at radius 3 is 2.70 bits per heavy atom. The molecule has 0 radical (unpaired) electrons. The molecule has 0 atom stereocenters. The van der Waals surface area contributed by atoms with E-state index < -0.39 is 5.97 Å². The molecule has 0 fully saturated rings. The van der Waals surface area contributed by atoms with Gasteiger partial charge in [-0.15, -0.1) is 0 Å². The molecule has 1 amide bonds. The second-order valence-electron chi connectivity index (χ2n) is 7.02. The Hall–Kier alpha value is -3.35. The Labute approximate surface area is 176 Å². The zero-order chi connectivity index (χ0) is 21.2. The van der Waals surface area contributed by atoms with Crippen molar-refractivity contribution in [2.45, 2.75) is 25.7 Å². The summed E-state index contributed by atoms with van der Waals surface area (Å²) in [5.74, 6) is -0.538. The van der Waals surface area contributed by atoms with Crippen LogP contribution in [0.5, 0.6) is 5.75 Å². The standard InChI is InChI=1S/C23H26N2O5/c26-20-10-11-21-18(16-20)15-19(24-30-17-22(27)25-12-6-7-13-25)9-5-3-1-2-4-8-14-29-23(21)28/h2,4-7,9-11,16,26H,1,3,8,12-15,17H2/b4-2+,9-5+,24-19-. The zero-order valence-electron chi connectivity index (χ0n) is 16.8. The minimum Gasteiger partial charge on any atom is -0.508 e. The van der Waals surface area contributed by atoms with E-state index in [0.29, 0.717) is 43.0 Å². The summed E-state index contributed by atoms with van der Waals surface area (Å²) < 4.78 is 5.34. The van der Waals surface area contributed by atoms with E-state index in [4.69, 9.17) is 9.57 Å². The average molecular weight is 410 g/mol. The highest BCUT2D eigenvalue weighted by atomic mass is 16.6. The highest BCUT2D eigenvalue weighted by Gasteiger charge is 2.17. The summed E-state index contributed by atoms with van der Waals surface area (Å²) in [4.78, 5) is 31.6. The van der Waals surface area contributed by atoms with E-state index >= 15 is 0 Å². The van der Waals surface area contributed by atoms with E-state index in [9.17, 15) is 14.7 Å². The van der Waals surface area contributed by atoms with Crippen LogP contribution in [0.4, 0.5) is 0 Å². The van der Waals surface area contributed by atoms with Crippen molar-refractivity contribution in [3.63, 3.8) is 0 Å². The third-order valence-electron chi connectivity index (χ3n) is 4.72. The van der Waals surface area contributed by atoms with Crippen LogP contribution in [-0.2, 0) is 20.8 Å². The second-order valence-corrected chi connectivity index (χ2v) is 7.02. The number of hydrogen-bond donors (Lipinski definition) is 1. The Morgan fingerprint density at radius 1 is 1.10 bits per heavy atom. The van der Waals surface area contributed by atoms with Gasteiger partial charge >= 0.3 is 5.97 Å². The number of fused-ring (bicyclic) bond motifs is 1. The lowest BCUT2D eigenvalue weighted by atomic mass is 10.0. The first kappa shape index (κ1) is 21.4. The highest BCUT2D eigenvalue weighted by molar-refractivity contribution is 5.99. The van der Waals surface area contributed by atoms with Crippen LogP contribution < -0.4 is 0 Å². The van der Waals surface area contributed by atoms with E-state index in [1.54, 1.807) is 11.0 Å². The van der Waals surface area contributed by atoms with Gasteiger partial charge in [0.2, 0.25) is 0 Å². The molecular weight excluding hydrogens is 384 g/mol. The number of aromatic hydroxyl groups is 1. The lowest BCUT2D eigenvalue weighted by molar-refractivity contribution is -0.134. The Balaban J connectivity index is 1.77. The summed E-state index contributed by atoms with van der Waals surface area (Å²) in [6.07, 6.45) is 14.3. The summed E-state index contributed by atoms with van der Waals surface area (Å²) in [7, 11) is 0. The molecule has 0 unspecified atom stereocenters. The quantitative estimate of drug-likeness (QED) is 0.470. The lowest BCUT2D eigenvalue weighted by Crippen LogP contribution is -2.31. The maximum absolute atomic E-state index is 12.5. The molecule has 0 saturated heterocycles. The molecule has 7 nitrogen and oxygen atoms in total. The molecular formula is C23H26N2O5. The molecule has 2 aliphatic heterocycles. The van der Waals surface area contributed by atoms with Gasteiger partial charge in [0.05, 0.1) is 17.9 Å². The minimum atomic E-state index is -0.448. The van der Waals surface area contributed by atoms with Gasteiger partial charge in [-0.3, -0.25) is 4.79 Å². The molecule has 0 aliphatic carbocycles. The number of carbonyl (C=O) groups is 2. The van der Waals surface area contributed by atoms with E-state index in [1.165, 1.54) is 12.1 Å². The second kappa shape index (κ2) is 11.0. The number of allylic oxidation sites excluding steroid dienone is 3. The van der Waals surface area contributed by atoms with Gasteiger partial charge in [0.25, 0.3) is 5.91 Å².